The first-order chi connectivity index (χ1) is 14.4. The molecule has 2 aromatic carbocycles. The Morgan fingerprint density at radius 1 is 0.933 bits per heavy atom. The summed E-state index contributed by atoms with van der Waals surface area (Å²) in [6.45, 7) is 6.75. The Morgan fingerprint density at radius 3 is 2.40 bits per heavy atom. The van der Waals surface area contributed by atoms with Crippen LogP contribution in [-0.4, -0.2) is 29.1 Å². The second-order valence-electron chi connectivity index (χ2n) is 6.98. The lowest BCUT2D eigenvalue weighted by Crippen LogP contribution is -2.32. The van der Waals surface area contributed by atoms with E-state index in [-0.39, 0.29) is 6.03 Å². The first kappa shape index (κ1) is 21.4. The van der Waals surface area contributed by atoms with Crippen molar-refractivity contribution in [3.63, 3.8) is 0 Å². The predicted molar refractivity (Wildman–Crippen MR) is 123 cm³/mol. The van der Waals surface area contributed by atoms with Crippen molar-refractivity contribution in [1.82, 2.24) is 15.3 Å². The fourth-order valence-electron chi connectivity index (χ4n) is 2.69. The molecular weight excluding hydrogens is 400 g/mol. The molecule has 3 rings (SSSR count). The summed E-state index contributed by atoms with van der Waals surface area (Å²) >= 11 is 6.07. The molecule has 30 heavy (non-hydrogen) atoms. The lowest BCUT2D eigenvalue weighted by Gasteiger charge is -2.11. The van der Waals surface area contributed by atoms with Crippen LogP contribution in [0.2, 0.25) is 5.02 Å². The normalized spacial score (nSPS) is 10.4. The SMILES string of the molecule is Cc1ccc(Nc2cc(C)nc(NCCNC(=O)Nc3ccc(C)c(Cl)c3)n2)cc1. The molecule has 0 fully saturated rings. The van der Waals surface area contributed by atoms with Gasteiger partial charge in [-0.05, 0) is 50.6 Å². The molecule has 0 aliphatic rings. The summed E-state index contributed by atoms with van der Waals surface area (Å²) in [6, 6.07) is 15.0. The van der Waals surface area contributed by atoms with Gasteiger partial charge >= 0.3 is 6.03 Å². The Hall–Kier alpha value is -3.32. The van der Waals surface area contributed by atoms with Gasteiger partial charge in [-0.3, -0.25) is 0 Å². The second-order valence-corrected chi connectivity index (χ2v) is 7.39. The van der Waals surface area contributed by atoms with E-state index in [1.54, 1.807) is 6.07 Å². The lowest BCUT2D eigenvalue weighted by atomic mass is 10.2. The minimum absolute atomic E-state index is 0.302. The number of benzene rings is 2. The van der Waals surface area contributed by atoms with Gasteiger partial charge in [0.25, 0.3) is 0 Å². The number of rotatable bonds is 7. The first-order valence-corrected chi connectivity index (χ1v) is 10.0. The van der Waals surface area contributed by atoms with Crippen LogP contribution in [0.15, 0.2) is 48.5 Å². The summed E-state index contributed by atoms with van der Waals surface area (Å²) in [4.78, 5) is 20.9. The molecular formula is C22H25ClN6O. The van der Waals surface area contributed by atoms with Gasteiger partial charge in [0.1, 0.15) is 5.82 Å². The zero-order chi connectivity index (χ0) is 21.5. The number of carbonyl (C=O) groups is 1. The van der Waals surface area contributed by atoms with Crippen molar-refractivity contribution >= 4 is 40.8 Å². The predicted octanol–water partition coefficient (Wildman–Crippen LogP) is 5.03. The molecule has 7 nitrogen and oxygen atoms in total. The van der Waals surface area contributed by atoms with Gasteiger partial charge in [0.05, 0.1) is 0 Å². The molecule has 0 radical (unpaired) electrons. The standard InChI is InChI=1S/C22H25ClN6O/c1-14-4-7-17(8-5-14)27-20-12-16(3)26-21(29-20)24-10-11-25-22(30)28-18-9-6-15(2)19(23)13-18/h4-9,12-13H,10-11H2,1-3H3,(H2,25,28,30)(H2,24,26,27,29). The molecule has 0 atom stereocenters. The number of hydrogen-bond donors (Lipinski definition) is 4. The largest absolute Gasteiger partial charge is 0.352 e. The van der Waals surface area contributed by atoms with Crippen molar-refractivity contribution in [3.05, 3.63) is 70.4 Å². The molecule has 4 N–H and O–H groups in total. The van der Waals surface area contributed by atoms with Gasteiger partial charge in [-0.15, -0.1) is 0 Å². The van der Waals surface area contributed by atoms with E-state index in [1.807, 2.05) is 63.2 Å². The average Bonchev–Trinajstić information content (AvgIpc) is 2.69. The van der Waals surface area contributed by atoms with Crippen LogP contribution in [0, 0.1) is 20.8 Å². The van der Waals surface area contributed by atoms with Crippen LogP contribution in [0.3, 0.4) is 0 Å². The molecule has 0 aliphatic heterocycles. The van der Waals surface area contributed by atoms with Gasteiger partial charge in [0.2, 0.25) is 5.95 Å². The van der Waals surface area contributed by atoms with Crippen LogP contribution in [0.1, 0.15) is 16.8 Å². The summed E-state index contributed by atoms with van der Waals surface area (Å²) in [5.74, 6) is 1.20. The van der Waals surface area contributed by atoms with Crippen LogP contribution >= 0.6 is 11.6 Å². The van der Waals surface area contributed by atoms with Crippen LogP contribution in [0.4, 0.5) is 27.9 Å². The van der Waals surface area contributed by atoms with Gasteiger partial charge in [0, 0.05) is 41.2 Å². The first-order valence-electron chi connectivity index (χ1n) is 9.63. The Bertz CT molecular complexity index is 1020. The molecule has 3 aromatic rings. The van der Waals surface area contributed by atoms with Crippen molar-refractivity contribution in [3.8, 4) is 0 Å². The Morgan fingerprint density at radius 2 is 1.67 bits per heavy atom. The highest BCUT2D eigenvalue weighted by atomic mass is 35.5. The molecule has 0 saturated carbocycles. The summed E-state index contributed by atoms with van der Waals surface area (Å²) in [5, 5.41) is 12.6. The van der Waals surface area contributed by atoms with Gasteiger partial charge in [-0.25, -0.2) is 9.78 Å². The second kappa shape index (κ2) is 9.93. The van der Waals surface area contributed by atoms with Gasteiger partial charge < -0.3 is 21.3 Å². The number of amides is 2. The van der Waals surface area contributed by atoms with Gasteiger partial charge in [-0.2, -0.15) is 4.98 Å². The number of carbonyl (C=O) groups excluding carboxylic acids is 1. The van der Waals surface area contributed by atoms with E-state index in [2.05, 4.69) is 31.2 Å². The zero-order valence-electron chi connectivity index (χ0n) is 17.2. The third-order valence-electron chi connectivity index (χ3n) is 4.30. The van der Waals surface area contributed by atoms with E-state index in [0.29, 0.717) is 35.6 Å². The third-order valence-corrected chi connectivity index (χ3v) is 4.71. The summed E-state index contributed by atoms with van der Waals surface area (Å²) < 4.78 is 0. The van der Waals surface area contributed by atoms with Crippen molar-refractivity contribution in [2.45, 2.75) is 20.8 Å². The molecule has 0 bridgehead atoms. The van der Waals surface area contributed by atoms with E-state index in [0.717, 1.165) is 16.9 Å². The number of nitrogens with one attached hydrogen (secondary N) is 4. The van der Waals surface area contributed by atoms with E-state index in [9.17, 15) is 4.79 Å². The Balaban J connectivity index is 1.48. The van der Waals surface area contributed by atoms with Crippen molar-refractivity contribution in [1.29, 1.82) is 0 Å². The maximum Gasteiger partial charge on any atom is 0.319 e. The lowest BCUT2D eigenvalue weighted by molar-refractivity contribution is 0.252. The van der Waals surface area contributed by atoms with Crippen molar-refractivity contribution in [2.24, 2.45) is 0 Å². The highest BCUT2D eigenvalue weighted by Crippen LogP contribution is 2.20. The molecule has 0 unspecified atom stereocenters. The maximum absolute atomic E-state index is 12.0. The fraction of sp³-hybridized carbons (Fsp3) is 0.227. The molecule has 0 saturated heterocycles. The van der Waals surface area contributed by atoms with Crippen LogP contribution in [-0.2, 0) is 0 Å². The fourth-order valence-corrected chi connectivity index (χ4v) is 2.87. The average molecular weight is 425 g/mol. The van der Waals surface area contributed by atoms with E-state index >= 15 is 0 Å². The molecule has 2 amide bonds. The topological polar surface area (TPSA) is 91.0 Å². The number of aryl methyl sites for hydroxylation is 3. The minimum Gasteiger partial charge on any atom is -0.352 e. The number of urea groups is 1. The van der Waals surface area contributed by atoms with Crippen LogP contribution in [0.5, 0.6) is 0 Å². The smallest absolute Gasteiger partial charge is 0.319 e. The number of anilines is 4. The highest BCUT2D eigenvalue weighted by Gasteiger charge is 2.05. The number of halogens is 1. The summed E-state index contributed by atoms with van der Waals surface area (Å²) in [5.41, 5.74) is 4.60. The third kappa shape index (κ3) is 6.35. The van der Waals surface area contributed by atoms with Crippen LogP contribution in [0.25, 0.3) is 0 Å². The zero-order valence-corrected chi connectivity index (χ0v) is 18.0. The molecule has 156 valence electrons. The summed E-state index contributed by atoms with van der Waals surface area (Å²) in [6.07, 6.45) is 0. The summed E-state index contributed by atoms with van der Waals surface area (Å²) in [7, 11) is 0. The van der Waals surface area contributed by atoms with Crippen molar-refractivity contribution < 1.29 is 4.79 Å². The molecule has 1 heterocycles. The highest BCUT2D eigenvalue weighted by molar-refractivity contribution is 6.31. The Kier molecular flexibility index (Phi) is 7.08. The van der Waals surface area contributed by atoms with E-state index in [1.165, 1.54) is 5.56 Å². The number of hydrogen-bond acceptors (Lipinski definition) is 5. The molecule has 0 spiro atoms. The van der Waals surface area contributed by atoms with E-state index in [4.69, 9.17) is 11.6 Å². The van der Waals surface area contributed by atoms with Gasteiger partial charge in [-0.1, -0.05) is 35.4 Å². The minimum atomic E-state index is -0.302. The Labute approximate surface area is 181 Å². The van der Waals surface area contributed by atoms with Gasteiger partial charge in [0.15, 0.2) is 0 Å². The number of nitrogens with zero attached hydrogens (tertiary/aromatic N) is 2. The number of aromatic nitrogens is 2. The van der Waals surface area contributed by atoms with E-state index < -0.39 is 0 Å². The molecule has 1 aromatic heterocycles. The quantitative estimate of drug-likeness (QED) is 0.399. The maximum atomic E-state index is 12.0. The van der Waals surface area contributed by atoms with Crippen molar-refractivity contribution in [2.75, 3.05) is 29.0 Å². The molecule has 0 aliphatic carbocycles. The van der Waals surface area contributed by atoms with Crippen LogP contribution < -0.4 is 21.3 Å². The molecule has 8 heteroatoms. The monoisotopic (exact) mass is 424 g/mol.